The largest absolute Gasteiger partial charge is 0.348 e. The first kappa shape index (κ1) is 13.3. The van der Waals surface area contributed by atoms with Crippen molar-refractivity contribution >= 4 is 5.91 Å². The molecule has 1 aliphatic rings. The molecule has 4 heteroatoms. The van der Waals surface area contributed by atoms with E-state index in [9.17, 15) is 4.79 Å². The molecule has 1 aliphatic heterocycles. The van der Waals surface area contributed by atoms with E-state index in [4.69, 9.17) is 5.26 Å². The molecule has 21 heavy (non-hydrogen) atoms. The van der Waals surface area contributed by atoms with Crippen LogP contribution in [0.2, 0.25) is 0 Å². The van der Waals surface area contributed by atoms with Crippen molar-refractivity contribution in [1.29, 1.82) is 5.26 Å². The number of amides is 1. The summed E-state index contributed by atoms with van der Waals surface area (Å²) in [6, 6.07) is 15.1. The van der Waals surface area contributed by atoms with Gasteiger partial charge in [0, 0.05) is 25.2 Å². The zero-order valence-corrected chi connectivity index (χ0v) is 11.5. The average molecular weight is 277 g/mol. The molecule has 0 bridgehead atoms. The summed E-state index contributed by atoms with van der Waals surface area (Å²) >= 11 is 0. The number of hydrogen-bond acceptors (Lipinski definition) is 3. The van der Waals surface area contributed by atoms with E-state index in [0.29, 0.717) is 17.7 Å². The molecule has 1 heterocycles. The van der Waals surface area contributed by atoms with Crippen LogP contribution < -0.4 is 10.6 Å². The van der Waals surface area contributed by atoms with Gasteiger partial charge in [-0.3, -0.25) is 4.79 Å². The molecule has 2 aromatic carbocycles. The SMILES string of the molecule is N#Cc1ccc(CNC(=O)c2ccc3c(c2)CNC3)cc1. The van der Waals surface area contributed by atoms with Crippen molar-refractivity contribution in [3.63, 3.8) is 0 Å². The van der Waals surface area contributed by atoms with Crippen LogP contribution in [0, 0.1) is 11.3 Å². The second-order valence-corrected chi connectivity index (χ2v) is 5.08. The Balaban J connectivity index is 1.65. The molecule has 2 aromatic rings. The third-order valence-corrected chi connectivity index (χ3v) is 3.64. The summed E-state index contributed by atoms with van der Waals surface area (Å²) in [4.78, 5) is 12.2. The molecule has 0 radical (unpaired) electrons. The third-order valence-electron chi connectivity index (χ3n) is 3.64. The Labute approximate surface area is 123 Å². The molecule has 0 spiro atoms. The normalized spacial score (nSPS) is 12.5. The van der Waals surface area contributed by atoms with Crippen molar-refractivity contribution < 1.29 is 4.79 Å². The molecule has 0 aliphatic carbocycles. The maximum Gasteiger partial charge on any atom is 0.251 e. The topological polar surface area (TPSA) is 64.9 Å². The Hall–Kier alpha value is -2.64. The molecule has 2 N–H and O–H groups in total. The van der Waals surface area contributed by atoms with Gasteiger partial charge in [-0.05, 0) is 41.0 Å². The Bertz CT molecular complexity index is 714. The number of fused-ring (bicyclic) bond motifs is 1. The van der Waals surface area contributed by atoms with Crippen LogP contribution in [0.5, 0.6) is 0 Å². The van der Waals surface area contributed by atoms with Gasteiger partial charge in [0.25, 0.3) is 5.91 Å². The van der Waals surface area contributed by atoms with E-state index in [2.05, 4.69) is 16.7 Å². The molecule has 0 fully saturated rings. The van der Waals surface area contributed by atoms with Gasteiger partial charge in [0.05, 0.1) is 11.6 Å². The second-order valence-electron chi connectivity index (χ2n) is 5.08. The first-order valence-electron chi connectivity index (χ1n) is 6.86. The van der Waals surface area contributed by atoms with Crippen LogP contribution in [0.1, 0.15) is 32.6 Å². The summed E-state index contributed by atoms with van der Waals surface area (Å²) < 4.78 is 0. The highest BCUT2D eigenvalue weighted by molar-refractivity contribution is 5.94. The highest BCUT2D eigenvalue weighted by Crippen LogP contribution is 2.17. The van der Waals surface area contributed by atoms with E-state index in [0.717, 1.165) is 18.7 Å². The molecule has 3 rings (SSSR count). The molecule has 0 saturated heterocycles. The molecule has 0 saturated carbocycles. The van der Waals surface area contributed by atoms with Crippen LogP contribution in [0.25, 0.3) is 0 Å². The predicted molar refractivity (Wildman–Crippen MR) is 79.3 cm³/mol. The first-order valence-corrected chi connectivity index (χ1v) is 6.86. The minimum Gasteiger partial charge on any atom is -0.348 e. The molecule has 4 nitrogen and oxygen atoms in total. The van der Waals surface area contributed by atoms with Gasteiger partial charge in [-0.25, -0.2) is 0 Å². The highest BCUT2D eigenvalue weighted by Gasteiger charge is 2.13. The third kappa shape index (κ3) is 2.93. The van der Waals surface area contributed by atoms with E-state index >= 15 is 0 Å². The number of carbonyl (C=O) groups excluding carboxylic acids is 1. The van der Waals surface area contributed by atoms with Gasteiger partial charge in [-0.2, -0.15) is 5.26 Å². The van der Waals surface area contributed by atoms with E-state index < -0.39 is 0 Å². The zero-order chi connectivity index (χ0) is 14.7. The fraction of sp³-hybridized carbons (Fsp3) is 0.176. The van der Waals surface area contributed by atoms with Crippen LogP contribution in [0.4, 0.5) is 0 Å². The van der Waals surface area contributed by atoms with Gasteiger partial charge in [0.1, 0.15) is 0 Å². The quantitative estimate of drug-likeness (QED) is 0.903. The molecule has 0 unspecified atom stereocenters. The lowest BCUT2D eigenvalue weighted by atomic mass is 10.1. The second kappa shape index (κ2) is 5.78. The summed E-state index contributed by atoms with van der Waals surface area (Å²) in [7, 11) is 0. The van der Waals surface area contributed by atoms with Crippen molar-refractivity contribution in [2.75, 3.05) is 0 Å². The Morgan fingerprint density at radius 1 is 1.14 bits per heavy atom. The smallest absolute Gasteiger partial charge is 0.251 e. The van der Waals surface area contributed by atoms with Crippen LogP contribution in [-0.2, 0) is 19.6 Å². The summed E-state index contributed by atoms with van der Waals surface area (Å²) in [5, 5.41) is 14.9. The van der Waals surface area contributed by atoms with Crippen molar-refractivity contribution in [2.24, 2.45) is 0 Å². The van der Waals surface area contributed by atoms with Gasteiger partial charge in [-0.15, -0.1) is 0 Å². The Morgan fingerprint density at radius 3 is 2.67 bits per heavy atom. The molecule has 0 aromatic heterocycles. The van der Waals surface area contributed by atoms with Gasteiger partial charge >= 0.3 is 0 Å². The lowest BCUT2D eigenvalue weighted by Gasteiger charge is -2.07. The number of rotatable bonds is 3. The van der Waals surface area contributed by atoms with E-state index in [1.54, 1.807) is 12.1 Å². The van der Waals surface area contributed by atoms with Crippen LogP contribution in [-0.4, -0.2) is 5.91 Å². The minimum atomic E-state index is -0.0749. The van der Waals surface area contributed by atoms with E-state index in [-0.39, 0.29) is 5.91 Å². The highest BCUT2D eigenvalue weighted by atomic mass is 16.1. The van der Waals surface area contributed by atoms with Gasteiger partial charge < -0.3 is 10.6 Å². The number of benzene rings is 2. The minimum absolute atomic E-state index is 0.0749. The summed E-state index contributed by atoms with van der Waals surface area (Å²) in [6.07, 6.45) is 0. The molecule has 104 valence electrons. The molecular weight excluding hydrogens is 262 g/mol. The molecule has 0 atom stereocenters. The Morgan fingerprint density at radius 2 is 1.90 bits per heavy atom. The standard InChI is InChI=1S/C17H15N3O/c18-8-12-1-3-13(4-2-12)9-20-17(21)14-5-6-15-10-19-11-16(15)7-14/h1-7,19H,9-11H2,(H,20,21). The fourth-order valence-corrected chi connectivity index (χ4v) is 2.42. The Kier molecular flexibility index (Phi) is 3.67. The first-order chi connectivity index (χ1) is 10.3. The van der Waals surface area contributed by atoms with Crippen molar-refractivity contribution in [1.82, 2.24) is 10.6 Å². The van der Waals surface area contributed by atoms with Crippen LogP contribution in [0.15, 0.2) is 42.5 Å². The number of carbonyl (C=O) groups is 1. The van der Waals surface area contributed by atoms with Crippen molar-refractivity contribution in [3.05, 3.63) is 70.3 Å². The average Bonchev–Trinajstić information content (AvgIpc) is 3.00. The van der Waals surface area contributed by atoms with Crippen LogP contribution >= 0.6 is 0 Å². The zero-order valence-electron chi connectivity index (χ0n) is 11.5. The van der Waals surface area contributed by atoms with E-state index in [1.165, 1.54) is 11.1 Å². The maximum atomic E-state index is 12.2. The molecule has 1 amide bonds. The predicted octanol–water partition coefficient (Wildman–Crippen LogP) is 2.09. The maximum absolute atomic E-state index is 12.2. The van der Waals surface area contributed by atoms with Crippen molar-refractivity contribution in [2.45, 2.75) is 19.6 Å². The number of nitrogens with one attached hydrogen (secondary N) is 2. The van der Waals surface area contributed by atoms with Crippen LogP contribution in [0.3, 0.4) is 0 Å². The summed E-state index contributed by atoms with van der Waals surface area (Å²) in [5.74, 6) is -0.0749. The van der Waals surface area contributed by atoms with Gasteiger partial charge in [-0.1, -0.05) is 18.2 Å². The monoisotopic (exact) mass is 277 g/mol. The van der Waals surface area contributed by atoms with E-state index in [1.807, 2.05) is 30.3 Å². The number of nitriles is 1. The lowest BCUT2D eigenvalue weighted by Crippen LogP contribution is -2.22. The summed E-state index contributed by atoms with van der Waals surface area (Å²) in [6.45, 7) is 2.16. The van der Waals surface area contributed by atoms with Gasteiger partial charge in [0.2, 0.25) is 0 Å². The number of hydrogen-bond donors (Lipinski definition) is 2. The lowest BCUT2D eigenvalue weighted by molar-refractivity contribution is 0.0951. The molecular formula is C17H15N3O. The van der Waals surface area contributed by atoms with Gasteiger partial charge in [0.15, 0.2) is 0 Å². The summed E-state index contributed by atoms with van der Waals surface area (Å²) in [5.41, 5.74) is 4.74. The van der Waals surface area contributed by atoms with Crippen molar-refractivity contribution in [3.8, 4) is 6.07 Å². The number of nitrogens with zero attached hydrogens (tertiary/aromatic N) is 1. The fourth-order valence-electron chi connectivity index (χ4n) is 2.42.